The van der Waals surface area contributed by atoms with E-state index in [1.807, 2.05) is 12.3 Å². The SMILES string of the molecule is CN=C(NCCCCn1ccccc1=O)NC1CC=CC1.I. The van der Waals surface area contributed by atoms with Crippen LogP contribution in [0.4, 0.5) is 0 Å². The van der Waals surface area contributed by atoms with Crippen molar-refractivity contribution in [2.24, 2.45) is 4.99 Å². The average Bonchev–Trinajstić information content (AvgIpc) is 3.00. The molecule has 1 aliphatic carbocycles. The maximum absolute atomic E-state index is 11.5. The maximum Gasteiger partial charge on any atom is 0.250 e. The summed E-state index contributed by atoms with van der Waals surface area (Å²) in [5.74, 6) is 0.862. The van der Waals surface area contributed by atoms with Crippen molar-refractivity contribution in [3.8, 4) is 0 Å². The normalized spacial score (nSPS) is 14.7. The quantitative estimate of drug-likeness (QED) is 0.246. The van der Waals surface area contributed by atoms with Crippen LogP contribution in [0.3, 0.4) is 0 Å². The minimum atomic E-state index is 0. The number of hydrogen-bond donors (Lipinski definition) is 2. The Labute approximate surface area is 148 Å². The van der Waals surface area contributed by atoms with Gasteiger partial charge in [0, 0.05) is 38.4 Å². The predicted octanol–water partition coefficient (Wildman–Crippen LogP) is 2.13. The van der Waals surface area contributed by atoms with E-state index < -0.39 is 0 Å². The van der Waals surface area contributed by atoms with Gasteiger partial charge >= 0.3 is 0 Å². The van der Waals surface area contributed by atoms with Gasteiger partial charge in [0.05, 0.1) is 0 Å². The monoisotopic (exact) mass is 416 g/mol. The lowest BCUT2D eigenvalue weighted by Crippen LogP contribution is -2.42. The molecule has 2 rings (SSSR count). The molecule has 2 N–H and O–H groups in total. The predicted molar refractivity (Wildman–Crippen MR) is 102 cm³/mol. The molecule has 6 heteroatoms. The van der Waals surface area contributed by atoms with Crippen molar-refractivity contribution in [2.75, 3.05) is 13.6 Å². The lowest BCUT2D eigenvalue weighted by atomic mass is 10.2. The molecular formula is C16H25IN4O. The summed E-state index contributed by atoms with van der Waals surface area (Å²) >= 11 is 0. The summed E-state index contributed by atoms with van der Waals surface area (Å²) in [7, 11) is 1.79. The smallest absolute Gasteiger partial charge is 0.250 e. The van der Waals surface area contributed by atoms with Crippen LogP contribution in [0, 0.1) is 0 Å². The van der Waals surface area contributed by atoms with Crippen LogP contribution in [0.25, 0.3) is 0 Å². The molecule has 0 aromatic carbocycles. The Morgan fingerprint density at radius 2 is 2.09 bits per heavy atom. The van der Waals surface area contributed by atoms with Crippen molar-refractivity contribution < 1.29 is 0 Å². The second-order valence-electron chi connectivity index (χ2n) is 5.22. The van der Waals surface area contributed by atoms with E-state index in [4.69, 9.17) is 0 Å². The van der Waals surface area contributed by atoms with E-state index in [2.05, 4.69) is 27.8 Å². The zero-order chi connectivity index (χ0) is 14.9. The number of nitrogens with zero attached hydrogens (tertiary/aromatic N) is 2. The third-order valence-electron chi connectivity index (χ3n) is 3.59. The number of aryl methyl sites for hydroxylation is 1. The Hall–Kier alpha value is -1.31. The first-order valence-corrected chi connectivity index (χ1v) is 7.57. The molecule has 0 bridgehead atoms. The van der Waals surface area contributed by atoms with E-state index >= 15 is 0 Å². The zero-order valence-electron chi connectivity index (χ0n) is 13.0. The molecule has 0 spiro atoms. The number of unbranched alkanes of at least 4 members (excludes halogenated alkanes) is 1. The fourth-order valence-electron chi connectivity index (χ4n) is 2.38. The number of pyridine rings is 1. The molecule has 1 aromatic rings. The number of nitrogens with one attached hydrogen (secondary N) is 2. The second kappa shape index (κ2) is 10.4. The molecule has 0 saturated heterocycles. The van der Waals surface area contributed by atoms with Crippen molar-refractivity contribution in [2.45, 2.75) is 38.3 Å². The Morgan fingerprint density at radius 3 is 2.77 bits per heavy atom. The molecule has 1 aliphatic rings. The van der Waals surface area contributed by atoms with Crippen LogP contribution in [-0.2, 0) is 6.54 Å². The summed E-state index contributed by atoms with van der Waals surface area (Å²) in [6.07, 6.45) is 10.3. The van der Waals surface area contributed by atoms with Gasteiger partial charge in [0.2, 0.25) is 5.56 Å². The first kappa shape index (κ1) is 18.7. The first-order chi connectivity index (χ1) is 10.3. The molecule has 1 heterocycles. The first-order valence-electron chi connectivity index (χ1n) is 7.57. The second-order valence-corrected chi connectivity index (χ2v) is 5.22. The maximum atomic E-state index is 11.5. The fourth-order valence-corrected chi connectivity index (χ4v) is 2.38. The van der Waals surface area contributed by atoms with Gasteiger partial charge in [0.25, 0.3) is 0 Å². The lowest BCUT2D eigenvalue weighted by Gasteiger charge is -2.16. The molecule has 122 valence electrons. The third-order valence-corrected chi connectivity index (χ3v) is 3.59. The van der Waals surface area contributed by atoms with Crippen molar-refractivity contribution in [3.05, 3.63) is 46.9 Å². The molecule has 0 radical (unpaired) electrons. The highest BCUT2D eigenvalue weighted by Gasteiger charge is 2.10. The summed E-state index contributed by atoms with van der Waals surface area (Å²) in [5.41, 5.74) is 0.0664. The van der Waals surface area contributed by atoms with E-state index in [0.29, 0.717) is 6.04 Å². The highest BCUT2D eigenvalue weighted by Crippen LogP contribution is 2.08. The van der Waals surface area contributed by atoms with Crippen molar-refractivity contribution in [1.29, 1.82) is 0 Å². The average molecular weight is 416 g/mol. The standard InChI is InChI=1S/C16H24N4O.HI/c1-17-16(19-14-8-2-3-9-14)18-11-5-7-13-20-12-6-4-10-15(20)21;/h2-4,6,10,12,14H,5,7-9,11,13H2,1H3,(H2,17,18,19);1H. The van der Waals surface area contributed by atoms with E-state index in [1.165, 1.54) is 0 Å². The van der Waals surface area contributed by atoms with Crippen LogP contribution in [0.2, 0.25) is 0 Å². The number of aliphatic imine (C=N–C) groups is 1. The van der Waals surface area contributed by atoms with Crippen LogP contribution in [-0.4, -0.2) is 30.2 Å². The molecule has 0 atom stereocenters. The van der Waals surface area contributed by atoms with E-state index in [1.54, 1.807) is 23.7 Å². The number of guanidine groups is 1. The molecule has 0 fully saturated rings. The Balaban J connectivity index is 0.00000242. The number of halogens is 1. The summed E-state index contributed by atoms with van der Waals surface area (Å²) < 4.78 is 1.75. The van der Waals surface area contributed by atoms with E-state index in [-0.39, 0.29) is 29.5 Å². The van der Waals surface area contributed by atoms with Gasteiger partial charge in [0.1, 0.15) is 0 Å². The minimum absolute atomic E-state index is 0. The molecular weight excluding hydrogens is 391 g/mol. The van der Waals surface area contributed by atoms with Gasteiger partial charge in [-0.15, -0.1) is 24.0 Å². The summed E-state index contributed by atoms with van der Waals surface area (Å²) in [6, 6.07) is 5.73. The van der Waals surface area contributed by atoms with Gasteiger partial charge in [-0.25, -0.2) is 0 Å². The molecule has 1 aromatic heterocycles. The third kappa shape index (κ3) is 6.21. The zero-order valence-corrected chi connectivity index (χ0v) is 15.3. The van der Waals surface area contributed by atoms with Gasteiger partial charge in [-0.2, -0.15) is 0 Å². The van der Waals surface area contributed by atoms with Crippen molar-refractivity contribution in [1.82, 2.24) is 15.2 Å². The minimum Gasteiger partial charge on any atom is -0.356 e. The van der Waals surface area contributed by atoms with Crippen LogP contribution >= 0.6 is 24.0 Å². The van der Waals surface area contributed by atoms with Crippen molar-refractivity contribution in [3.63, 3.8) is 0 Å². The van der Waals surface area contributed by atoms with Crippen LogP contribution in [0.15, 0.2) is 46.3 Å². The highest BCUT2D eigenvalue weighted by molar-refractivity contribution is 14.0. The summed E-state index contributed by atoms with van der Waals surface area (Å²) in [4.78, 5) is 15.8. The van der Waals surface area contributed by atoms with Crippen LogP contribution < -0.4 is 16.2 Å². The molecule has 0 aliphatic heterocycles. The number of rotatable bonds is 6. The lowest BCUT2D eigenvalue weighted by molar-refractivity contribution is 0.579. The number of aromatic nitrogens is 1. The summed E-state index contributed by atoms with van der Waals surface area (Å²) in [5, 5.41) is 6.73. The number of hydrogen-bond acceptors (Lipinski definition) is 2. The topological polar surface area (TPSA) is 58.4 Å². The van der Waals surface area contributed by atoms with Crippen LogP contribution in [0.1, 0.15) is 25.7 Å². The molecule has 0 unspecified atom stereocenters. The Morgan fingerprint density at radius 1 is 1.32 bits per heavy atom. The molecule has 0 saturated carbocycles. The Bertz CT molecular complexity index is 545. The molecule has 0 amide bonds. The van der Waals surface area contributed by atoms with Crippen LogP contribution in [0.5, 0.6) is 0 Å². The van der Waals surface area contributed by atoms with Gasteiger partial charge in [-0.3, -0.25) is 9.79 Å². The Kier molecular flexibility index (Phi) is 8.88. The highest BCUT2D eigenvalue weighted by atomic mass is 127. The van der Waals surface area contributed by atoms with Gasteiger partial charge in [0.15, 0.2) is 5.96 Å². The molecule has 22 heavy (non-hydrogen) atoms. The van der Waals surface area contributed by atoms with Crippen molar-refractivity contribution >= 4 is 29.9 Å². The largest absolute Gasteiger partial charge is 0.356 e. The summed E-state index contributed by atoms with van der Waals surface area (Å²) in [6.45, 7) is 1.63. The van der Waals surface area contributed by atoms with Gasteiger partial charge in [-0.05, 0) is 31.7 Å². The van der Waals surface area contributed by atoms with Gasteiger partial charge < -0.3 is 15.2 Å². The van der Waals surface area contributed by atoms with E-state index in [0.717, 1.165) is 44.7 Å². The van der Waals surface area contributed by atoms with E-state index in [9.17, 15) is 4.79 Å². The molecule has 5 nitrogen and oxygen atoms in total. The fraction of sp³-hybridized carbons (Fsp3) is 0.500. The van der Waals surface area contributed by atoms with Gasteiger partial charge in [-0.1, -0.05) is 18.2 Å².